The highest BCUT2D eigenvalue weighted by molar-refractivity contribution is 5.80. The number of hydrogen-bond acceptors (Lipinski definition) is 5. The summed E-state index contributed by atoms with van der Waals surface area (Å²) in [6, 6.07) is 10.2. The SMILES string of the molecule is CCCCOc1cccc(CNC(=NC)N2CCN(Cc3ccon3)CC2)c1. The summed E-state index contributed by atoms with van der Waals surface area (Å²) >= 11 is 0. The minimum atomic E-state index is 0.733. The van der Waals surface area contributed by atoms with Crippen LogP contribution in [0.1, 0.15) is 31.0 Å². The zero-order valence-corrected chi connectivity index (χ0v) is 16.9. The Balaban J connectivity index is 1.45. The highest BCUT2D eigenvalue weighted by Gasteiger charge is 2.20. The molecule has 1 aromatic heterocycles. The molecular weight excluding hydrogens is 354 g/mol. The Hall–Kier alpha value is -2.54. The van der Waals surface area contributed by atoms with Crippen molar-refractivity contribution in [2.45, 2.75) is 32.9 Å². The second-order valence-electron chi connectivity index (χ2n) is 7.00. The minimum absolute atomic E-state index is 0.733. The zero-order valence-electron chi connectivity index (χ0n) is 16.9. The number of benzene rings is 1. The number of hydrogen-bond donors (Lipinski definition) is 1. The van der Waals surface area contributed by atoms with Gasteiger partial charge in [0.2, 0.25) is 0 Å². The molecule has 0 atom stereocenters. The first-order valence-electron chi connectivity index (χ1n) is 10.1. The average Bonchev–Trinajstić information content (AvgIpc) is 3.23. The molecule has 0 bridgehead atoms. The van der Waals surface area contributed by atoms with E-state index in [1.165, 1.54) is 5.56 Å². The van der Waals surface area contributed by atoms with Gasteiger partial charge in [0.15, 0.2) is 5.96 Å². The first-order valence-corrected chi connectivity index (χ1v) is 10.1. The summed E-state index contributed by atoms with van der Waals surface area (Å²) in [5.74, 6) is 1.88. The lowest BCUT2D eigenvalue weighted by atomic mass is 10.2. The number of nitrogens with one attached hydrogen (secondary N) is 1. The molecule has 7 nitrogen and oxygen atoms in total. The number of rotatable bonds is 8. The summed E-state index contributed by atoms with van der Waals surface area (Å²) in [6.45, 7) is 8.35. The Bertz CT molecular complexity index is 724. The third kappa shape index (κ3) is 5.99. The van der Waals surface area contributed by atoms with Crippen LogP contribution in [-0.4, -0.2) is 60.7 Å². The summed E-state index contributed by atoms with van der Waals surface area (Å²) in [7, 11) is 1.84. The molecule has 0 spiro atoms. The van der Waals surface area contributed by atoms with E-state index in [1.54, 1.807) is 6.26 Å². The van der Waals surface area contributed by atoms with E-state index in [4.69, 9.17) is 9.26 Å². The molecule has 0 aliphatic carbocycles. The van der Waals surface area contributed by atoms with E-state index in [-0.39, 0.29) is 0 Å². The molecule has 1 aromatic carbocycles. The normalized spacial score (nSPS) is 15.6. The number of unbranched alkanes of at least 4 members (excludes halogenated alkanes) is 1. The van der Waals surface area contributed by atoms with Gasteiger partial charge in [0.05, 0.1) is 12.3 Å². The second kappa shape index (κ2) is 10.7. The smallest absolute Gasteiger partial charge is 0.194 e. The molecule has 0 amide bonds. The highest BCUT2D eigenvalue weighted by Crippen LogP contribution is 2.14. The van der Waals surface area contributed by atoms with Crippen LogP contribution in [0.15, 0.2) is 46.1 Å². The molecule has 3 rings (SSSR count). The topological polar surface area (TPSA) is 66.1 Å². The van der Waals surface area contributed by atoms with Gasteiger partial charge in [-0.2, -0.15) is 0 Å². The van der Waals surface area contributed by atoms with Gasteiger partial charge in [-0.05, 0) is 24.1 Å². The first-order chi connectivity index (χ1) is 13.8. The molecule has 1 fully saturated rings. The molecule has 28 heavy (non-hydrogen) atoms. The predicted molar refractivity (Wildman–Crippen MR) is 110 cm³/mol. The summed E-state index contributed by atoms with van der Waals surface area (Å²) in [5, 5.41) is 7.48. The first kappa shape index (κ1) is 20.2. The van der Waals surface area contributed by atoms with Crippen LogP contribution in [0, 0.1) is 0 Å². The van der Waals surface area contributed by atoms with Gasteiger partial charge < -0.3 is 19.5 Å². The van der Waals surface area contributed by atoms with Crippen molar-refractivity contribution in [3.8, 4) is 5.75 Å². The lowest BCUT2D eigenvalue weighted by Gasteiger charge is -2.36. The van der Waals surface area contributed by atoms with Crippen molar-refractivity contribution >= 4 is 5.96 Å². The number of guanidine groups is 1. The van der Waals surface area contributed by atoms with Gasteiger partial charge in [-0.15, -0.1) is 0 Å². The minimum Gasteiger partial charge on any atom is -0.494 e. The van der Waals surface area contributed by atoms with Crippen molar-refractivity contribution in [1.82, 2.24) is 20.3 Å². The lowest BCUT2D eigenvalue weighted by Crippen LogP contribution is -2.52. The molecule has 2 heterocycles. The Morgan fingerprint density at radius 3 is 2.82 bits per heavy atom. The van der Waals surface area contributed by atoms with E-state index in [0.29, 0.717) is 0 Å². The van der Waals surface area contributed by atoms with E-state index in [1.807, 2.05) is 25.2 Å². The molecule has 1 N–H and O–H groups in total. The van der Waals surface area contributed by atoms with Gasteiger partial charge in [-0.1, -0.05) is 30.6 Å². The second-order valence-corrected chi connectivity index (χ2v) is 7.00. The molecule has 1 aliphatic heterocycles. The Kier molecular flexibility index (Phi) is 7.72. The van der Waals surface area contributed by atoms with E-state index >= 15 is 0 Å². The van der Waals surface area contributed by atoms with E-state index < -0.39 is 0 Å². The Morgan fingerprint density at radius 1 is 1.25 bits per heavy atom. The van der Waals surface area contributed by atoms with Gasteiger partial charge in [-0.3, -0.25) is 9.89 Å². The summed E-state index contributed by atoms with van der Waals surface area (Å²) in [4.78, 5) is 9.16. The van der Waals surface area contributed by atoms with Crippen molar-refractivity contribution in [2.24, 2.45) is 4.99 Å². The monoisotopic (exact) mass is 385 g/mol. The third-order valence-electron chi connectivity index (χ3n) is 4.88. The number of piperazine rings is 1. The number of aromatic nitrogens is 1. The molecule has 1 saturated heterocycles. The van der Waals surface area contributed by atoms with Crippen molar-refractivity contribution in [3.63, 3.8) is 0 Å². The van der Waals surface area contributed by atoms with E-state index in [2.05, 4.69) is 44.3 Å². The van der Waals surface area contributed by atoms with Crippen LogP contribution in [0.4, 0.5) is 0 Å². The Labute approximate surface area is 167 Å². The molecule has 7 heteroatoms. The van der Waals surface area contributed by atoms with Crippen LogP contribution >= 0.6 is 0 Å². The average molecular weight is 386 g/mol. The quantitative estimate of drug-likeness (QED) is 0.428. The van der Waals surface area contributed by atoms with Gasteiger partial charge in [0, 0.05) is 52.4 Å². The van der Waals surface area contributed by atoms with Crippen molar-refractivity contribution < 1.29 is 9.26 Å². The fourth-order valence-corrected chi connectivity index (χ4v) is 3.26. The lowest BCUT2D eigenvalue weighted by molar-refractivity contribution is 0.169. The van der Waals surface area contributed by atoms with Crippen LogP contribution in [0.5, 0.6) is 5.75 Å². The molecule has 2 aromatic rings. The van der Waals surface area contributed by atoms with Crippen LogP contribution in [0.25, 0.3) is 0 Å². The third-order valence-corrected chi connectivity index (χ3v) is 4.88. The van der Waals surface area contributed by atoms with Gasteiger partial charge >= 0.3 is 0 Å². The van der Waals surface area contributed by atoms with Gasteiger partial charge in [0.25, 0.3) is 0 Å². The molecule has 1 aliphatic rings. The maximum absolute atomic E-state index is 5.81. The summed E-state index contributed by atoms with van der Waals surface area (Å²) < 4.78 is 10.7. The van der Waals surface area contributed by atoms with Crippen molar-refractivity contribution in [2.75, 3.05) is 39.8 Å². The maximum atomic E-state index is 5.81. The molecular formula is C21H31N5O2. The van der Waals surface area contributed by atoms with Crippen molar-refractivity contribution in [3.05, 3.63) is 47.9 Å². The molecule has 152 valence electrons. The van der Waals surface area contributed by atoms with Crippen LogP contribution in [-0.2, 0) is 13.1 Å². The standard InChI is InChI=1S/C21H31N5O2/c1-3-4-13-27-20-7-5-6-18(15-20)16-23-21(22-2)26-11-9-25(10-12-26)17-19-8-14-28-24-19/h5-8,14-15H,3-4,9-13,16-17H2,1-2H3,(H,22,23). The Morgan fingerprint density at radius 2 is 2.11 bits per heavy atom. The predicted octanol–water partition coefficient (Wildman–Crippen LogP) is 2.75. The molecule has 0 saturated carbocycles. The number of nitrogens with zero attached hydrogens (tertiary/aromatic N) is 4. The van der Waals surface area contributed by atoms with Crippen LogP contribution in [0.2, 0.25) is 0 Å². The molecule has 0 radical (unpaired) electrons. The zero-order chi connectivity index (χ0) is 19.6. The highest BCUT2D eigenvalue weighted by atomic mass is 16.5. The maximum Gasteiger partial charge on any atom is 0.194 e. The van der Waals surface area contributed by atoms with Gasteiger partial charge in [-0.25, -0.2) is 0 Å². The van der Waals surface area contributed by atoms with E-state index in [0.717, 1.165) is 76.1 Å². The summed E-state index contributed by atoms with van der Waals surface area (Å²) in [5.41, 5.74) is 2.18. The van der Waals surface area contributed by atoms with Crippen LogP contribution in [0.3, 0.4) is 0 Å². The fraction of sp³-hybridized carbons (Fsp3) is 0.524. The van der Waals surface area contributed by atoms with Crippen LogP contribution < -0.4 is 10.1 Å². The largest absolute Gasteiger partial charge is 0.494 e. The number of ether oxygens (including phenoxy) is 1. The van der Waals surface area contributed by atoms with Crippen molar-refractivity contribution in [1.29, 1.82) is 0 Å². The summed E-state index contributed by atoms with van der Waals surface area (Å²) in [6.07, 6.45) is 3.85. The molecule has 0 unspecified atom stereocenters. The number of aliphatic imine (C=N–C) groups is 1. The van der Waals surface area contributed by atoms with Gasteiger partial charge in [0.1, 0.15) is 12.0 Å². The fourth-order valence-electron chi connectivity index (χ4n) is 3.26. The van der Waals surface area contributed by atoms with E-state index in [9.17, 15) is 0 Å².